The van der Waals surface area contributed by atoms with Crippen molar-refractivity contribution in [2.24, 2.45) is 0 Å². The van der Waals surface area contributed by atoms with Crippen molar-refractivity contribution in [3.63, 3.8) is 0 Å². The van der Waals surface area contributed by atoms with E-state index >= 15 is 0 Å². The molecule has 0 bridgehead atoms. The van der Waals surface area contributed by atoms with E-state index in [0.717, 1.165) is 19.3 Å². The molecule has 0 unspecified atom stereocenters. The van der Waals surface area contributed by atoms with Crippen molar-refractivity contribution in [1.82, 2.24) is 0 Å². The summed E-state index contributed by atoms with van der Waals surface area (Å²) in [7, 11) is 0. The summed E-state index contributed by atoms with van der Waals surface area (Å²) in [5.41, 5.74) is 0. The lowest BCUT2D eigenvalue weighted by Gasteiger charge is -2.02. The Morgan fingerprint density at radius 1 is 0.611 bits per heavy atom. The summed E-state index contributed by atoms with van der Waals surface area (Å²) in [4.78, 5) is 11.6. The summed E-state index contributed by atoms with van der Waals surface area (Å²) in [6.45, 7) is 0. The molecular weight excluding hydrogens is 220 g/mol. The standard InChI is InChI=1S/C17H30O/c18-17-15-13-11-9-7-5-3-1-2-4-6-8-10-12-14-16-17/h11,13H,1-10,12,14-16H2/b13-11+. The Hall–Kier alpha value is -0.590. The van der Waals surface area contributed by atoms with Crippen LogP contribution in [0.5, 0.6) is 0 Å². The molecule has 0 atom stereocenters. The van der Waals surface area contributed by atoms with Crippen LogP contribution in [0.15, 0.2) is 12.2 Å². The lowest BCUT2D eigenvalue weighted by molar-refractivity contribution is -0.118. The van der Waals surface area contributed by atoms with Gasteiger partial charge in [0, 0.05) is 12.8 Å². The number of Topliss-reactive ketones (excluding diaryl/α,β-unsaturated/α-hetero) is 1. The number of allylic oxidation sites excluding steroid dienone is 2. The summed E-state index contributed by atoms with van der Waals surface area (Å²) < 4.78 is 0. The smallest absolute Gasteiger partial charge is 0.136 e. The Bertz CT molecular complexity index is 230. The van der Waals surface area contributed by atoms with E-state index in [9.17, 15) is 4.79 Å². The van der Waals surface area contributed by atoms with Gasteiger partial charge in [-0.2, -0.15) is 0 Å². The maximum absolute atomic E-state index is 11.6. The lowest BCUT2D eigenvalue weighted by atomic mass is 10.0. The monoisotopic (exact) mass is 250 g/mol. The quantitative estimate of drug-likeness (QED) is 0.512. The first-order valence-corrected chi connectivity index (χ1v) is 8.06. The first-order valence-electron chi connectivity index (χ1n) is 8.06. The van der Waals surface area contributed by atoms with Gasteiger partial charge in [-0.1, -0.05) is 69.9 Å². The number of rotatable bonds is 0. The minimum Gasteiger partial charge on any atom is -0.299 e. The molecule has 1 aliphatic carbocycles. The summed E-state index contributed by atoms with van der Waals surface area (Å²) in [5, 5.41) is 0. The average molecular weight is 250 g/mol. The molecule has 1 heteroatoms. The Kier molecular flexibility index (Phi) is 9.88. The van der Waals surface area contributed by atoms with Gasteiger partial charge in [0.1, 0.15) is 5.78 Å². The molecule has 0 N–H and O–H groups in total. The molecule has 0 aliphatic heterocycles. The van der Waals surface area contributed by atoms with Crippen LogP contribution in [0.3, 0.4) is 0 Å². The van der Waals surface area contributed by atoms with Gasteiger partial charge in [0.05, 0.1) is 0 Å². The topological polar surface area (TPSA) is 17.1 Å². The third-order valence-corrected chi connectivity index (χ3v) is 3.84. The zero-order valence-electron chi connectivity index (χ0n) is 12.0. The molecule has 0 spiro atoms. The van der Waals surface area contributed by atoms with E-state index in [2.05, 4.69) is 12.2 Å². The highest BCUT2D eigenvalue weighted by molar-refractivity contribution is 5.79. The molecule has 0 fully saturated rings. The third-order valence-electron chi connectivity index (χ3n) is 3.84. The first kappa shape index (κ1) is 15.5. The van der Waals surface area contributed by atoms with Crippen LogP contribution in [0.2, 0.25) is 0 Å². The molecule has 1 nitrogen and oxygen atoms in total. The number of carbonyl (C=O) groups is 1. The van der Waals surface area contributed by atoms with Gasteiger partial charge in [0.25, 0.3) is 0 Å². The van der Waals surface area contributed by atoms with Crippen molar-refractivity contribution in [3.05, 3.63) is 12.2 Å². The second-order valence-electron chi connectivity index (χ2n) is 5.64. The first-order chi connectivity index (χ1) is 8.89. The number of hydrogen-bond acceptors (Lipinski definition) is 1. The molecule has 0 radical (unpaired) electrons. The van der Waals surface area contributed by atoms with Crippen LogP contribution in [0.25, 0.3) is 0 Å². The zero-order chi connectivity index (χ0) is 12.9. The summed E-state index contributed by atoms with van der Waals surface area (Å²) in [5.74, 6) is 0.426. The highest BCUT2D eigenvalue weighted by Gasteiger charge is 1.99. The number of hydrogen-bond donors (Lipinski definition) is 0. The minimum atomic E-state index is 0.426. The van der Waals surface area contributed by atoms with Crippen molar-refractivity contribution in [3.8, 4) is 0 Å². The maximum atomic E-state index is 11.6. The predicted molar refractivity (Wildman–Crippen MR) is 78.8 cm³/mol. The van der Waals surface area contributed by atoms with Crippen molar-refractivity contribution in [2.75, 3.05) is 0 Å². The van der Waals surface area contributed by atoms with E-state index < -0.39 is 0 Å². The van der Waals surface area contributed by atoms with E-state index in [4.69, 9.17) is 0 Å². The SMILES string of the molecule is O=C1C/C=C/CCCCCCCCCCCCC1. The third kappa shape index (κ3) is 9.44. The van der Waals surface area contributed by atoms with Gasteiger partial charge in [-0.25, -0.2) is 0 Å². The summed E-state index contributed by atoms with van der Waals surface area (Å²) in [6.07, 6.45) is 21.7. The Balaban J connectivity index is 2.18. The second kappa shape index (κ2) is 11.5. The van der Waals surface area contributed by atoms with Gasteiger partial charge in [0.2, 0.25) is 0 Å². The van der Waals surface area contributed by atoms with Crippen LogP contribution in [-0.4, -0.2) is 5.78 Å². The zero-order valence-corrected chi connectivity index (χ0v) is 12.0. The van der Waals surface area contributed by atoms with Gasteiger partial charge in [-0.15, -0.1) is 0 Å². The molecule has 18 heavy (non-hydrogen) atoms. The van der Waals surface area contributed by atoms with Crippen molar-refractivity contribution >= 4 is 5.78 Å². The molecule has 0 saturated carbocycles. The molecule has 0 aromatic carbocycles. The number of ketones is 1. The maximum Gasteiger partial charge on any atom is 0.136 e. The predicted octanol–water partition coefficient (Wildman–Crippen LogP) is 5.59. The van der Waals surface area contributed by atoms with Gasteiger partial charge in [0.15, 0.2) is 0 Å². The highest BCUT2D eigenvalue weighted by atomic mass is 16.1. The fourth-order valence-electron chi connectivity index (χ4n) is 2.61. The van der Waals surface area contributed by atoms with Gasteiger partial charge >= 0.3 is 0 Å². The molecule has 0 aromatic rings. The molecule has 1 aliphatic rings. The van der Waals surface area contributed by atoms with E-state index in [1.165, 1.54) is 64.2 Å². The molecule has 0 heterocycles. The van der Waals surface area contributed by atoms with Crippen LogP contribution >= 0.6 is 0 Å². The van der Waals surface area contributed by atoms with Gasteiger partial charge in [-0.3, -0.25) is 4.79 Å². The number of carbonyl (C=O) groups excluding carboxylic acids is 1. The Labute approximate surface area is 113 Å². The fraction of sp³-hybridized carbons (Fsp3) is 0.824. The highest BCUT2D eigenvalue weighted by Crippen LogP contribution is 2.13. The average Bonchev–Trinajstić information content (AvgIpc) is 2.37. The Morgan fingerprint density at radius 3 is 1.72 bits per heavy atom. The largest absolute Gasteiger partial charge is 0.299 e. The molecule has 0 amide bonds. The van der Waals surface area contributed by atoms with Gasteiger partial charge in [-0.05, 0) is 19.3 Å². The van der Waals surface area contributed by atoms with Crippen LogP contribution in [0.4, 0.5) is 0 Å². The van der Waals surface area contributed by atoms with Crippen LogP contribution in [-0.2, 0) is 4.79 Å². The van der Waals surface area contributed by atoms with E-state index in [0.29, 0.717) is 12.2 Å². The summed E-state index contributed by atoms with van der Waals surface area (Å²) in [6, 6.07) is 0. The lowest BCUT2D eigenvalue weighted by Crippen LogP contribution is -1.95. The van der Waals surface area contributed by atoms with Crippen LogP contribution in [0.1, 0.15) is 89.9 Å². The summed E-state index contributed by atoms with van der Waals surface area (Å²) >= 11 is 0. The van der Waals surface area contributed by atoms with Crippen molar-refractivity contribution < 1.29 is 4.79 Å². The minimum absolute atomic E-state index is 0.426. The van der Waals surface area contributed by atoms with Crippen LogP contribution < -0.4 is 0 Å². The normalized spacial score (nSPS) is 24.3. The van der Waals surface area contributed by atoms with E-state index in [1.807, 2.05) is 0 Å². The molecular formula is C17H30O. The Morgan fingerprint density at radius 2 is 1.11 bits per heavy atom. The molecule has 1 rings (SSSR count). The molecule has 0 aromatic heterocycles. The molecule has 104 valence electrons. The van der Waals surface area contributed by atoms with Crippen LogP contribution in [0, 0.1) is 0 Å². The van der Waals surface area contributed by atoms with E-state index in [-0.39, 0.29) is 0 Å². The fourth-order valence-corrected chi connectivity index (χ4v) is 2.61. The van der Waals surface area contributed by atoms with E-state index in [1.54, 1.807) is 0 Å². The second-order valence-corrected chi connectivity index (χ2v) is 5.64. The van der Waals surface area contributed by atoms with Gasteiger partial charge < -0.3 is 0 Å². The van der Waals surface area contributed by atoms with Crippen molar-refractivity contribution in [2.45, 2.75) is 89.9 Å². The van der Waals surface area contributed by atoms with Crippen molar-refractivity contribution in [1.29, 1.82) is 0 Å². The molecule has 0 saturated heterocycles.